The van der Waals surface area contributed by atoms with Gasteiger partial charge in [-0.05, 0) is 51.9 Å². The van der Waals surface area contributed by atoms with Gasteiger partial charge in [-0.3, -0.25) is 0 Å². The molecule has 0 amide bonds. The molecule has 5 heteroatoms. The van der Waals surface area contributed by atoms with Crippen molar-refractivity contribution in [3.8, 4) is 0 Å². The van der Waals surface area contributed by atoms with E-state index in [2.05, 4.69) is 9.88 Å². The van der Waals surface area contributed by atoms with Crippen LogP contribution in [0.2, 0.25) is 0 Å². The van der Waals surface area contributed by atoms with Crippen molar-refractivity contribution in [2.45, 2.75) is 58.0 Å². The fourth-order valence-corrected chi connectivity index (χ4v) is 4.18. The Kier molecular flexibility index (Phi) is 4.99. The SMILES string of the molecule is Cc1nc2c(c(N3CCC(OCC4CCOC4)CC3)n1)CCCC2. The van der Waals surface area contributed by atoms with Crippen LogP contribution in [0.25, 0.3) is 0 Å². The van der Waals surface area contributed by atoms with E-state index in [1.54, 1.807) is 0 Å². The number of hydrogen-bond acceptors (Lipinski definition) is 5. The van der Waals surface area contributed by atoms with Crippen molar-refractivity contribution < 1.29 is 9.47 Å². The smallest absolute Gasteiger partial charge is 0.135 e. The summed E-state index contributed by atoms with van der Waals surface area (Å²) < 4.78 is 11.6. The van der Waals surface area contributed by atoms with Crippen molar-refractivity contribution in [1.29, 1.82) is 0 Å². The third-order valence-corrected chi connectivity index (χ3v) is 5.61. The molecule has 3 aliphatic rings. The molecule has 0 bridgehead atoms. The summed E-state index contributed by atoms with van der Waals surface area (Å²) >= 11 is 0. The topological polar surface area (TPSA) is 47.5 Å². The Labute approximate surface area is 144 Å². The second kappa shape index (κ2) is 7.36. The molecule has 1 atom stereocenters. The number of aromatic nitrogens is 2. The van der Waals surface area contributed by atoms with Crippen LogP contribution >= 0.6 is 0 Å². The Morgan fingerprint density at radius 3 is 2.75 bits per heavy atom. The summed E-state index contributed by atoms with van der Waals surface area (Å²) in [6.45, 7) is 6.78. The molecule has 2 aliphatic heterocycles. The molecule has 2 saturated heterocycles. The molecule has 1 aromatic heterocycles. The van der Waals surface area contributed by atoms with Gasteiger partial charge in [0.15, 0.2) is 0 Å². The van der Waals surface area contributed by atoms with Crippen LogP contribution in [0.1, 0.15) is 49.2 Å². The highest BCUT2D eigenvalue weighted by Gasteiger charge is 2.26. The minimum absolute atomic E-state index is 0.403. The number of fused-ring (bicyclic) bond motifs is 1. The predicted octanol–water partition coefficient (Wildman–Crippen LogP) is 2.69. The molecule has 1 aliphatic carbocycles. The van der Waals surface area contributed by atoms with Crippen LogP contribution in [0.15, 0.2) is 0 Å². The highest BCUT2D eigenvalue weighted by atomic mass is 16.5. The lowest BCUT2D eigenvalue weighted by Gasteiger charge is -2.35. The van der Waals surface area contributed by atoms with Crippen molar-refractivity contribution in [2.75, 3.05) is 37.8 Å². The Morgan fingerprint density at radius 2 is 1.96 bits per heavy atom. The van der Waals surface area contributed by atoms with Gasteiger partial charge >= 0.3 is 0 Å². The van der Waals surface area contributed by atoms with Gasteiger partial charge in [0.2, 0.25) is 0 Å². The van der Waals surface area contributed by atoms with Gasteiger partial charge in [0, 0.05) is 36.9 Å². The first kappa shape index (κ1) is 16.3. The van der Waals surface area contributed by atoms with Gasteiger partial charge in [0.1, 0.15) is 11.6 Å². The van der Waals surface area contributed by atoms with E-state index in [4.69, 9.17) is 14.5 Å². The first-order valence-corrected chi connectivity index (χ1v) is 9.60. The maximum atomic E-state index is 6.15. The maximum Gasteiger partial charge on any atom is 0.135 e. The number of nitrogens with zero attached hydrogens (tertiary/aromatic N) is 3. The minimum atomic E-state index is 0.403. The molecule has 5 nitrogen and oxygen atoms in total. The molecule has 0 aromatic carbocycles. The Balaban J connectivity index is 1.36. The van der Waals surface area contributed by atoms with E-state index in [1.165, 1.54) is 29.9 Å². The van der Waals surface area contributed by atoms with Crippen LogP contribution in [0, 0.1) is 12.8 Å². The molecular formula is C19H29N3O2. The second-order valence-electron chi connectivity index (χ2n) is 7.48. The van der Waals surface area contributed by atoms with Gasteiger partial charge in [-0.25, -0.2) is 9.97 Å². The third kappa shape index (κ3) is 3.57. The molecule has 0 radical (unpaired) electrons. The summed E-state index contributed by atoms with van der Waals surface area (Å²) in [7, 11) is 0. The Bertz CT molecular complexity index is 564. The predicted molar refractivity (Wildman–Crippen MR) is 93.5 cm³/mol. The first-order valence-electron chi connectivity index (χ1n) is 9.60. The van der Waals surface area contributed by atoms with Crippen LogP contribution in [-0.2, 0) is 22.3 Å². The van der Waals surface area contributed by atoms with E-state index in [0.717, 1.165) is 70.8 Å². The van der Waals surface area contributed by atoms with Crippen LogP contribution in [-0.4, -0.2) is 49.0 Å². The average molecular weight is 331 g/mol. The molecule has 2 fully saturated rings. The maximum absolute atomic E-state index is 6.15. The molecule has 3 heterocycles. The molecule has 24 heavy (non-hydrogen) atoms. The van der Waals surface area contributed by atoms with Gasteiger partial charge in [-0.15, -0.1) is 0 Å². The molecular weight excluding hydrogens is 302 g/mol. The zero-order valence-corrected chi connectivity index (χ0v) is 14.8. The molecule has 1 aromatic rings. The standard InChI is InChI=1S/C19H29N3O2/c1-14-20-18-5-3-2-4-17(18)19(21-14)22-9-6-16(7-10-22)24-13-15-8-11-23-12-15/h15-16H,2-13H2,1H3. The van der Waals surface area contributed by atoms with E-state index in [0.29, 0.717) is 12.0 Å². The van der Waals surface area contributed by atoms with E-state index in [1.807, 2.05) is 6.92 Å². The van der Waals surface area contributed by atoms with Crippen molar-refractivity contribution in [3.63, 3.8) is 0 Å². The number of anilines is 1. The van der Waals surface area contributed by atoms with Gasteiger partial charge in [0.25, 0.3) is 0 Å². The molecule has 132 valence electrons. The summed E-state index contributed by atoms with van der Waals surface area (Å²) in [4.78, 5) is 12.0. The van der Waals surface area contributed by atoms with E-state index in [9.17, 15) is 0 Å². The molecule has 0 spiro atoms. The van der Waals surface area contributed by atoms with Gasteiger partial charge < -0.3 is 14.4 Å². The second-order valence-corrected chi connectivity index (χ2v) is 7.48. The Hall–Kier alpha value is -1.20. The molecule has 0 saturated carbocycles. The summed E-state index contributed by atoms with van der Waals surface area (Å²) in [5.41, 5.74) is 2.71. The monoisotopic (exact) mass is 331 g/mol. The number of ether oxygens (including phenoxy) is 2. The zero-order valence-electron chi connectivity index (χ0n) is 14.8. The quantitative estimate of drug-likeness (QED) is 0.849. The lowest BCUT2D eigenvalue weighted by atomic mass is 9.95. The van der Waals surface area contributed by atoms with Crippen molar-refractivity contribution in [3.05, 3.63) is 17.1 Å². The summed E-state index contributed by atoms with van der Waals surface area (Å²) in [5.74, 6) is 2.74. The minimum Gasteiger partial charge on any atom is -0.381 e. The van der Waals surface area contributed by atoms with Gasteiger partial charge in [0.05, 0.1) is 19.3 Å². The average Bonchev–Trinajstić information content (AvgIpc) is 3.13. The largest absolute Gasteiger partial charge is 0.381 e. The third-order valence-electron chi connectivity index (χ3n) is 5.61. The zero-order chi connectivity index (χ0) is 16.4. The van der Waals surface area contributed by atoms with Crippen LogP contribution in [0.4, 0.5) is 5.82 Å². The number of rotatable bonds is 4. The molecule has 0 N–H and O–H groups in total. The summed E-state index contributed by atoms with van der Waals surface area (Å²) in [6.07, 6.45) is 8.57. The van der Waals surface area contributed by atoms with Crippen molar-refractivity contribution >= 4 is 5.82 Å². The summed E-state index contributed by atoms with van der Waals surface area (Å²) in [6, 6.07) is 0. The first-order chi connectivity index (χ1) is 11.8. The highest BCUT2D eigenvalue weighted by Crippen LogP contribution is 2.30. The number of hydrogen-bond donors (Lipinski definition) is 0. The van der Waals surface area contributed by atoms with E-state index >= 15 is 0 Å². The lowest BCUT2D eigenvalue weighted by molar-refractivity contribution is 0.0131. The van der Waals surface area contributed by atoms with E-state index < -0.39 is 0 Å². The molecule has 1 unspecified atom stereocenters. The lowest BCUT2D eigenvalue weighted by Crippen LogP contribution is -2.39. The number of piperidine rings is 1. The van der Waals surface area contributed by atoms with Crippen LogP contribution in [0.3, 0.4) is 0 Å². The Morgan fingerprint density at radius 1 is 1.12 bits per heavy atom. The van der Waals surface area contributed by atoms with Crippen LogP contribution < -0.4 is 4.90 Å². The fourth-order valence-electron chi connectivity index (χ4n) is 4.18. The van der Waals surface area contributed by atoms with Gasteiger partial charge in [-0.1, -0.05) is 0 Å². The van der Waals surface area contributed by atoms with Crippen molar-refractivity contribution in [2.24, 2.45) is 5.92 Å². The van der Waals surface area contributed by atoms with Crippen molar-refractivity contribution in [1.82, 2.24) is 9.97 Å². The van der Waals surface area contributed by atoms with E-state index in [-0.39, 0.29) is 0 Å². The fraction of sp³-hybridized carbons (Fsp3) is 0.789. The highest BCUT2D eigenvalue weighted by molar-refractivity contribution is 5.50. The normalized spacial score (nSPS) is 25.0. The number of aryl methyl sites for hydroxylation is 2. The summed E-state index contributed by atoms with van der Waals surface area (Å²) in [5, 5.41) is 0. The molecule has 4 rings (SSSR count). The van der Waals surface area contributed by atoms with Gasteiger partial charge in [-0.2, -0.15) is 0 Å². The van der Waals surface area contributed by atoms with Crippen LogP contribution in [0.5, 0.6) is 0 Å².